The van der Waals surface area contributed by atoms with Crippen LogP contribution in [0.5, 0.6) is 0 Å². The first-order valence-corrected chi connectivity index (χ1v) is 3.85. The fourth-order valence-electron chi connectivity index (χ4n) is 0.938. The SMILES string of the molecule is [B]C(=O)NC(CC)C(O)CC. The number of amides is 1. The maximum atomic E-state index is 10.4. The molecule has 2 radical (unpaired) electrons. The zero-order valence-electron chi connectivity index (χ0n) is 7.00. The van der Waals surface area contributed by atoms with Gasteiger partial charge in [-0.2, -0.15) is 0 Å². The Morgan fingerprint density at radius 2 is 2.09 bits per heavy atom. The normalized spacial score (nSPS) is 15.5. The number of rotatable bonds is 4. The van der Waals surface area contributed by atoms with Gasteiger partial charge in [0.25, 0.3) is 0 Å². The summed E-state index contributed by atoms with van der Waals surface area (Å²) >= 11 is 0. The molecule has 2 unspecified atom stereocenters. The second kappa shape index (κ2) is 5.19. The van der Waals surface area contributed by atoms with E-state index in [1.807, 2.05) is 13.8 Å². The van der Waals surface area contributed by atoms with E-state index in [4.69, 9.17) is 7.85 Å². The van der Waals surface area contributed by atoms with E-state index in [0.717, 1.165) is 0 Å². The Morgan fingerprint density at radius 1 is 1.55 bits per heavy atom. The van der Waals surface area contributed by atoms with Crippen LogP contribution in [0.2, 0.25) is 0 Å². The molecule has 2 N–H and O–H groups in total. The van der Waals surface area contributed by atoms with Crippen molar-refractivity contribution >= 4 is 13.7 Å². The lowest BCUT2D eigenvalue weighted by Gasteiger charge is -2.20. The maximum Gasteiger partial charge on any atom is 0.200 e. The molecule has 2 atom stereocenters. The largest absolute Gasteiger partial charge is 0.391 e. The second-order valence-corrected chi connectivity index (χ2v) is 2.50. The van der Waals surface area contributed by atoms with E-state index in [1.165, 1.54) is 0 Å². The number of carbonyl (C=O) groups excluding carboxylic acids is 1. The minimum atomic E-state index is -0.579. The molecule has 0 heterocycles. The van der Waals surface area contributed by atoms with Gasteiger partial charge in [-0.25, -0.2) is 0 Å². The quantitative estimate of drug-likeness (QED) is 0.577. The van der Waals surface area contributed by atoms with E-state index in [-0.39, 0.29) is 6.04 Å². The molecule has 0 aliphatic rings. The van der Waals surface area contributed by atoms with Crippen molar-refractivity contribution in [1.29, 1.82) is 0 Å². The molecule has 11 heavy (non-hydrogen) atoms. The molecule has 0 aliphatic carbocycles. The van der Waals surface area contributed by atoms with Gasteiger partial charge in [0.2, 0.25) is 7.85 Å². The number of hydrogen-bond acceptors (Lipinski definition) is 2. The molecule has 0 bridgehead atoms. The van der Waals surface area contributed by atoms with Crippen LogP contribution in [0.3, 0.4) is 0 Å². The molecule has 0 aromatic carbocycles. The van der Waals surface area contributed by atoms with Crippen molar-refractivity contribution in [2.45, 2.75) is 38.8 Å². The molecule has 3 nitrogen and oxygen atoms in total. The standard InChI is InChI=1S/C7H14BNO2/c1-3-5(6(10)4-2)9-7(8)11/h5-6,10H,3-4H2,1-2H3,(H,9,11). The predicted octanol–water partition coefficient (Wildman–Crippen LogP) is 0.414. The second-order valence-electron chi connectivity index (χ2n) is 2.50. The van der Waals surface area contributed by atoms with Crippen LogP contribution < -0.4 is 5.32 Å². The highest BCUT2D eigenvalue weighted by molar-refractivity contribution is 6.57. The van der Waals surface area contributed by atoms with E-state index >= 15 is 0 Å². The van der Waals surface area contributed by atoms with Crippen LogP contribution in [0.1, 0.15) is 26.7 Å². The molecule has 0 aliphatic heterocycles. The number of aliphatic hydroxyl groups is 1. The highest BCUT2D eigenvalue weighted by Crippen LogP contribution is 2.01. The average molecular weight is 155 g/mol. The minimum Gasteiger partial charge on any atom is -0.391 e. The van der Waals surface area contributed by atoms with Crippen LogP contribution in [-0.4, -0.2) is 30.9 Å². The first-order chi connectivity index (χ1) is 5.11. The van der Waals surface area contributed by atoms with Gasteiger partial charge in [-0.15, -0.1) is 0 Å². The summed E-state index contributed by atoms with van der Waals surface area (Å²) in [6, 6.07) is -0.211. The number of aliphatic hydroxyl groups excluding tert-OH is 1. The van der Waals surface area contributed by atoms with Crippen molar-refractivity contribution in [3.05, 3.63) is 0 Å². The van der Waals surface area contributed by atoms with Gasteiger partial charge >= 0.3 is 0 Å². The Hall–Kier alpha value is -0.505. The first-order valence-electron chi connectivity index (χ1n) is 3.85. The third-order valence-electron chi connectivity index (χ3n) is 1.65. The molecule has 0 saturated heterocycles. The fourth-order valence-corrected chi connectivity index (χ4v) is 0.938. The lowest BCUT2D eigenvalue weighted by molar-refractivity contribution is 0.125. The minimum absolute atomic E-state index is 0.211. The van der Waals surface area contributed by atoms with Crippen molar-refractivity contribution in [2.75, 3.05) is 0 Å². The van der Waals surface area contributed by atoms with Gasteiger partial charge < -0.3 is 10.4 Å². The van der Waals surface area contributed by atoms with Crippen LogP contribution in [0, 0.1) is 0 Å². The summed E-state index contributed by atoms with van der Waals surface area (Å²) in [5.74, 6) is -0.579. The molecule has 0 saturated carbocycles. The summed E-state index contributed by atoms with van der Waals surface area (Å²) in [5.41, 5.74) is 0. The summed E-state index contributed by atoms with van der Waals surface area (Å²) in [6.45, 7) is 3.75. The lowest BCUT2D eigenvalue weighted by atomic mass is 10.0. The summed E-state index contributed by atoms with van der Waals surface area (Å²) in [7, 11) is 4.90. The van der Waals surface area contributed by atoms with Gasteiger partial charge in [0, 0.05) is 0 Å². The van der Waals surface area contributed by atoms with Gasteiger partial charge in [-0.1, -0.05) is 13.8 Å². The highest BCUT2D eigenvalue weighted by Gasteiger charge is 2.15. The van der Waals surface area contributed by atoms with Crippen molar-refractivity contribution in [2.24, 2.45) is 0 Å². The van der Waals surface area contributed by atoms with Gasteiger partial charge in [0.15, 0.2) is 5.81 Å². The van der Waals surface area contributed by atoms with Crippen LogP contribution >= 0.6 is 0 Å². The zero-order valence-corrected chi connectivity index (χ0v) is 7.00. The highest BCUT2D eigenvalue weighted by atomic mass is 16.3. The maximum absolute atomic E-state index is 10.4. The van der Waals surface area contributed by atoms with Crippen molar-refractivity contribution in [3.63, 3.8) is 0 Å². The Bertz CT molecular complexity index is 130. The Kier molecular flexibility index (Phi) is 4.95. The zero-order chi connectivity index (χ0) is 8.85. The molecule has 1 amide bonds. The molecule has 0 fully saturated rings. The van der Waals surface area contributed by atoms with E-state index in [1.54, 1.807) is 0 Å². The summed E-state index contributed by atoms with van der Waals surface area (Å²) < 4.78 is 0. The van der Waals surface area contributed by atoms with Crippen molar-refractivity contribution < 1.29 is 9.90 Å². The Morgan fingerprint density at radius 3 is 2.36 bits per heavy atom. The van der Waals surface area contributed by atoms with E-state index in [9.17, 15) is 9.90 Å². The topological polar surface area (TPSA) is 49.3 Å². The van der Waals surface area contributed by atoms with E-state index < -0.39 is 11.9 Å². The molecular formula is C7H14BNO2. The molecule has 0 spiro atoms. The third-order valence-corrected chi connectivity index (χ3v) is 1.65. The smallest absolute Gasteiger partial charge is 0.200 e. The summed E-state index contributed by atoms with van der Waals surface area (Å²) in [6.07, 6.45) is 0.823. The first kappa shape index (κ1) is 10.5. The van der Waals surface area contributed by atoms with Gasteiger partial charge in [-0.05, 0) is 12.8 Å². The molecule has 0 aromatic heterocycles. The van der Waals surface area contributed by atoms with Crippen LogP contribution in [0.4, 0.5) is 4.79 Å². The van der Waals surface area contributed by atoms with Crippen LogP contribution in [0.15, 0.2) is 0 Å². The number of nitrogens with one attached hydrogen (secondary N) is 1. The lowest BCUT2D eigenvalue weighted by Crippen LogP contribution is -2.42. The summed E-state index contributed by atoms with van der Waals surface area (Å²) in [5, 5.41) is 11.8. The average Bonchev–Trinajstić information content (AvgIpc) is 1.98. The summed E-state index contributed by atoms with van der Waals surface area (Å²) in [4.78, 5) is 10.4. The predicted molar refractivity (Wildman–Crippen MR) is 44.7 cm³/mol. The van der Waals surface area contributed by atoms with Gasteiger partial charge in [0.05, 0.1) is 12.1 Å². The fraction of sp³-hybridized carbons (Fsp3) is 0.857. The van der Waals surface area contributed by atoms with E-state index in [0.29, 0.717) is 12.8 Å². The molecule has 0 rings (SSSR count). The number of carbonyl (C=O) groups is 1. The Balaban J connectivity index is 3.84. The van der Waals surface area contributed by atoms with Crippen LogP contribution in [-0.2, 0) is 0 Å². The number of hydrogen-bond donors (Lipinski definition) is 2. The molecule has 4 heteroatoms. The molecule has 62 valence electrons. The van der Waals surface area contributed by atoms with Gasteiger partial charge in [0.1, 0.15) is 0 Å². The van der Waals surface area contributed by atoms with Crippen molar-refractivity contribution in [3.8, 4) is 0 Å². The molecule has 0 aromatic rings. The van der Waals surface area contributed by atoms with Gasteiger partial charge in [-0.3, -0.25) is 4.79 Å². The Labute approximate surface area is 68.6 Å². The van der Waals surface area contributed by atoms with E-state index in [2.05, 4.69) is 5.32 Å². The monoisotopic (exact) mass is 155 g/mol. The molecular weight excluding hydrogens is 141 g/mol. The van der Waals surface area contributed by atoms with Crippen molar-refractivity contribution in [1.82, 2.24) is 5.32 Å². The third kappa shape index (κ3) is 4.04. The van der Waals surface area contributed by atoms with Crippen LogP contribution in [0.25, 0.3) is 0 Å².